The Morgan fingerprint density at radius 2 is 1.81 bits per heavy atom. The van der Waals surface area contributed by atoms with E-state index in [0.29, 0.717) is 57.2 Å². The molecule has 9 nitrogen and oxygen atoms in total. The SMILES string of the molecule is COc1ccc(NC(=O)c2cc(-c3ccc(F)cc3)nc3c2c(C)nn3C2CCS(=O)(=O)C2)cc1OC. The molecule has 0 radical (unpaired) electrons. The molecular formula is C26H25FN4O5S. The van der Waals surface area contributed by atoms with E-state index in [0.717, 1.165) is 0 Å². The Labute approximate surface area is 213 Å². The summed E-state index contributed by atoms with van der Waals surface area (Å²) in [6, 6.07) is 12.1. The largest absolute Gasteiger partial charge is 0.493 e. The van der Waals surface area contributed by atoms with E-state index in [-0.39, 0.29) is 17.5 Å². The summed E-state index contributed by atoms with van der Waals surface area (Å²) in [5, 5.41) is 8.01. The van der Waals surface area contributed by atoms with Crippen LogP contribution in [-0.4, -0.2) is 54.8 Å². The molecular weight excluding hydrogens is 499 g/mol. The lowest BCUT2D eigenvalue weighted by molar-refractivity contribution is 0.102. The fourth-order valence-electron chi connectivity index (χ4n) is 4.60. The van der Waals surface area contributed by atoms with Crippen LogP contribution in [0.3, 0.4) is 0 Å². The van der Waals surface area contributed by atoms with Crippen molar-refractivity contribution >= 4 is 32.5 Å². The van der Waals surface area contributed by atoms with Crippen LogP contribution in [0.4, 0.5) is 10.1 Å². The summed E-state index contributed by atoms with van der Waals surface area (Å²) in [5.41, 5.74) is 2.79. The summed E-state index contributed by atoms with van der Waals surface area (Å²) in [7, 11) is -0.151. The molecule has 2 aromatic heterocycles. The van der Waals surface area contributed by atoms with E-state index in [2.05, 4.69) is 10.4 Å². The van der Waals surface area contributed by atoms with Gasteiger partial charge in [0.1, 0.15) is 5.82 Å². The number of nitrogens with zero attached hydrogens (tertiary/aromatic N) is 3. The van der Waals surface area contributed by atoms with Crippen molar-refractivity contribution in [3.05, 3.63) is 65.6 Å². The number of benzene rings is 2. The number of methoxy groups -OCH3 is 2. The number of amides is 1. The number of hydrogen-bond acceptors (Lipinski definition) is 7. The first-order valence-corrected chi connectivity index (χ1v) is 13.4. The maximum atomic E-state index is 13.6. The fraction of sp³-hybridized carbons (Fsp3) is 0.269. The Bertz CT molecular complexity index is 1620. The van der Waals surface area contributed by atoms with Gasteiger partial charge in [0.25, 0.3) is 5.91 Å². The van der Waals surface area contributed by atoms with Gasteiger partial charge < -0.3 is 14.8 Å². The number of hydrogen-bond donors (Lipinski definition) is 1. The van der Waals surface area contributed by atoms with E-state index in [1.54, 1.807) is 48.0 Å². The van der Waals surface area contributed by atoms with Crippen LogP contribution in [0.25, 0.3) is 22.3 Å². The van der Waals surface area contributed by atoms with Gasteiger partial charge in [-0.15, -0.1) is 0 Å². The summed E-state index contributed by atoms with van der Waals surface area (Å²) in [5.74, 6) is 0.201. The summed E-state index contributed by atoms with van der Waals surface area (Å²) in [4.78, 5) is 18.4. The smallest absolute Gasteiger partial charge is 0.256 e. The standard InChI is InChI=1S/C26H25FN4O5S/c1-15-24-20(26(32)28-18-8-9-22(35-2)23(12-18)36-3)13-21(16-4-6-17(27)7-5-16)29-25(24)31(30-15)19-10-11-37(33,34)14-19/h4-9,12-13,19H,10-11,14H2,1-3H3,(H,28,32). The van der Waals surface area contributed by atoms with E-state index >= 15 is 0 Å². The van der Waals surface area contributed by atoms with Crippen molar-refractivity contribution < 1.29 is 27.1 Å². The first kappa shape index (κ1) is 24.7. The summed E-state index contributed by atoms with van der Waals surface area (Å²) >= 11 is 0. The molecule has 37 heavy (non-hydrogen) atoms. The highest BCUT2D eigenvalue weighted by molar-refractivity contribution is 7.91. The van der Waals surface area contributed by atoms with Gasteiger partial charge in [0, 0.05) is 17.3 Å². The molecule has 2 aromatic carbocycles. The third-order valence-electron chi connectivity index (χ3n) is 6.42. The Kier molecular flexibility index (Phi) is 6.32. The van der Waals surface area contributed by atoms with Gasteiger partial charge in [0.15, 0.2) is 27.0 Å². The number of anilines is 1. The average Bonchev–Trinajstić information content (AvgIpc) is 3.42. The number of aryl methyl sites for hydroxylation is 1. The number of nitrogens with one attached hydrogen (secondary N) is 1. The predicted octanol–water partition coefficient (Wildman–Crippen LogP) is 4.17. The molecule has 192 valence electrons. The van der Waals surface area contributed by atoms with Crippen molar-refractivity contribution in [2.24, 2.45) is 0 Å². The zero-order chi connectivity index (χ0) is 26.3. The van der Waals surface area contributed by atoms with Gasteiger partial charge in [0.2, 0.25) is 0 Å². The third-order valence-corrected chi connectivity index (χ3v) is 8.17. The molecule has 1 saturated heterocycles. The number of aromatic nitrogens is 3. The Morgan fingerprint density at radius 3 is 2.46 bits per heavy atom. The van der Waals surface area contributed by atoms with Crippen LogP contribution in [0.1, 0.15) is 28.5 Å². The molecule has 1 N–H and O–H groups in total. The molecule has 1 aliphatic heterocycles. The molecule has 4 aromatic rings. The van der Waals surface area contributed by atoms with Gasteiger partial charge in [0.05, 0.1) is 54.1 Å². The van der Waals surface area contributed by atoms with Gasteiger partial charge in [-0.2, -0.15) is 5.10 Å². The van der Waals surface area contributed by atoms with E-state index in [1.165, 1.54) is 26.4 Å². The minimum absolute atomic E-state index is 0.0428. The molecule has 0 saturated carbocycles. The molecule has 1 aliphatic rings. The first-order valence-electron chi connectivity index (χ1n) is 11.6. The molecule has 5 rings (SSSR count). The minimum atomic E-state index is -3.18. The van der Waals surface area contributed by atoms with Crippen molar-refractivity contribution in [3.63, 3.8) is 0 Å². The lowest BCUT2D eigenvalue weighted by Crippen LogP contribution is -2.15. The van der Waals surface area contributed by atoms with Gasteiger partial charge in [-0.1, -0.05) is 0 Å². The van der Waals surface area contributed by atoms with Crippen molar-refractivity contribution in [1.82, 2.24) is 14.8 Å². The second-order valence-corrected chi connectivity index (χ2v) is 11.1. The van der Waals surface area contributed by atoms with E-state index in [9.17, 15) is 17.6 Å². The van der Waals surface area contributed by atoms with E-state index < -0.39 is 21.6 Å². The lowest BCUT2D eigenvalue weighted by Gasteiger charge is -2.13. The van der Waals surface area contributed by atoms with Crippen molar-refractivity contribution in [2.45, 2.75) is 19.4 Å². The maximum Gasteiger partial charge on any atom is 0.256 e. The van der Waals surface area contributed by atoms with Crippen molar-refractivity contribution in [3.8, 4) is 22.8 Å². The summed E-state index contributed by atoms with van der Waals surface area (Å²) in [6.07, 6.45) is 0.411. The van der Waals surface area contributed by atoms with Crippen LogP contribution in [0.2, 0.25) is 0 Å². The fourth-order valence-corrected chi connectivity index (χ4v) is 6.29. The zero-order valence-electron chi connectivity index (χ0n) is 20.5. The number of carbonyl (C=O) groups excluding carboxylic acids is 1. The normalized spacial score (nSPS) is 16.6. The Balaban J connectivity index is 1.64. The number of rotatable bonds is 6. The summed E-state index contributed by atoms with van der Waals surface area (Å²) in [6.45, 7) is 1.76. The Hall–Kier alpha value is -3.99. The molecule has 0 aliphatic carbocycles. The molecule has 11 heteroatoms. The van der Waals surface area contributed by atoms with Crippen molar-refractivity contribution in [1.29, 1.82) is 0 Å². The highest BCUT2D eigenvalue weighted by Crippen LogP contribution is 2.34. The molecule has 1 fully saturated rings. The number of carbonyl (C=O) groups is 1. The monoisotopic (exact) mass is 524 g/mol. The first-order chi connectivity index (χ1) is 17.7. The van der Waals surface area contributed by atoms with Gasteiger partial charge >= 0.3 is 0 Å². The van der Waals surface area contributed by atoms with Crippen LogP contribution in [0.15, 0.2) is 48.5 Å². The van der Waals surface area contributed by atoms with E-state index in [4.69, 9.17) is 14.5 Å². The number of fused-ring (bicyclic) bond motifs is 1. The number of sulfone groups is 1. The quantitative estimate of drug-likeness (QED) is 0.403. The van der Waals surface area contributed by atoms with Crippen LogP contribution >= 0.6 is 0 Å². The maximum absolute atomic E-state index is 13.6. The Morgan fingerprint density at radius 1 is 1.08 bits per heavy atom. The van der Waals surface area contributed by atoms with Crippen LogP contribution in [-0.2, 0) is 9.84 Å². The van der Waals surface area contributed by atoms with Crippen molar-refractivity contribution in [2.75, 3.05) is 31.0 Å². The van der Waals surface area contributed by atoms with Crippen LogP contribution in [0.5, 0.6) is 11.5 Å². The highest BCUT2D eigenvalue weighted by atomic mass is 32.2. The summed E-state index contributed by atoms with van der Waals surface area (Å²) < 4.78 is 50.1. The molecule has 3 heterocycles. The third kappa shape index (κ3) is 4.74. The number of ether oxygens (including phenoxy) is 2. The molecule has 1 unspecified atom stereocenters. The minimum Gasteiger partial charge on any atom is -0.493 e. The van der Waals surface area contributed by atoms with Gasteiger partial charge in [-0.3, -0.25) is 4.79 Å². The van der Waals surface area contributed by atoms with E-state index in [1.807, 2.05) is 0 Å². The lowest BCUT2D eigenvalue weighted by atomic mass is 10.0. The second kappa shape index (κ2) is 9.47. The molecule has 0 bridgehead atoms. The second-order valence-electron chi connectivity index (χ2n) is 8.87. The zero-order valence-corrected chi connectivity index (χ0v) is 21.3. The topological polar surface area (TPSA) is 112 Å². The molecule has 0 spiro atoms. The van der Waals surface area contributed by atoms with Crippen LogP contribution < -0.4 is 14.8 Å². The molecule has 1 amide bonds. The highest BCUT2D eigenvalue weighted by Gasteiger charge is 2.32. The van der Waals surface area contributed by atoms with Gasteiger partial charge in [-0.25, -0.2) is 22.5 Å². The van der Waals surface area contributed by atoms with Gasteiger partial charge in [-0.05, 0) is 55.8 Å². The molecule has 1 atom stereocenters. The van der Waals surface area contributed by atoms with Crippen LogP contribution in [0, 0.1) is 12.7 Å². The number of pyridine rings is 1. The number of halogens is 1. The average molecular weight is 525 g/mol. The predicted molar refractivity (Wildman–Crippen MR) is 137 cm³/mol.